The fourth-order valence-electron chi connectivity index (χ4n) is 12.1. The third-order valence-electron chi connectivity index (χ3n) is 15.3. The van der Waals surface area contributed by atoms with Crippen LogP contribution >= 0.6 is 11.8 Å². The van der Waals surface area contributed by atoms with Gasteiger partial charge in [0.15, 0.2) is 0 Å². The van der Waals surface area contributed by atoms with E-state index in [4.69, 9.17) is 8.83 Å². The maximum Gasteiger partial charge on any atom is 0.249 e. The Balaban J connectivity index is 0.974. The molecular weight excluding hydrogens is 896 g/mol. The Morgan fingerprint density at radius 2 is 0.875 bits per heavy atom. The number of fused-ring (bicyclic) bond motifs is 13. The third kappa shape index (κ3) is 5.78. The average molecular weight is 935 g/mol. The zero-order chi connectivity index (χ0) is 47.0. The average Bonchev–Trinajstić information content (AvgIpc) is 4.13. The molecule has 72 heavy (non-hydrogen) atoms. The molecule has 4 nitrogen and oxygen atoms in total. The van der Waals surface area contributed by atoms with E-state index in [9.17, 15) is 0 Å². The molecule has 334 valence electrons. The Kier molecular flexibility index (Phi) is 8.45. The fourth-order valence-corrected chi connectivity index (χ4v) is 13.4. The largest absolute Gasteiger partial charge is 0.456 e. The maximum absolute atomic E-state index is 6.48. The predicted molar refractivity (Wildman–Crippen MR) is 302 cm³/mol. The molecule has 11 aromatic carbocycles. The lowest BCUT2D eigenvalue weighted by Crippen LogP contribution is -2.59. The minimum absolute atomic E-state index is 0.0347. The highest BCUT2D eigenvalue weighted by Crippen LogP contribution is 2.47. The second-order valence-electron chi connectivity index (χ2n) is 19.1. The first-order chi connectivity index (χ1) is 35.7. The molecule has 3 aromatic heterocycles. The zero-order valence-electron chi connectivity index (χ0n) is 38.7. The van der Waals surface area contributed by atoms with Crippen molar-refractivity contribution in [1.82, 2.24) is 4.57 Å². The molecule has 0 amide bonds. The first kappa shape index (κ1) is 39.8. The summed E-state index contributed by atoms with van der Waals surface area (Å²) in [4.78, 5) is 5.05. The molecule has 0 bridgehead atoms. The number of hydrogen-bond donors (Lipinski definition) is 0. The summed E-state index contributed by atoms with van der Waals surface area (Å²) in [6, 6.07) is 86.5. The monoisotopic (exact) mass is 934 g/mol. The minimum atomic E-state index is -0.0347. The first-order valence-electron chi connectivity index (χ1n) is 24.6. The van der Waals surface area contributed by atoms with Gasteiger partial charge in [-0.3, -0.25) is 0 Å². The minimum Gasteiger partial charge on any atom is -0.456 e. The molecule has 2 aliphatic heterocycles. The van der Waals surface area contributed by atoms with Gasteiger partial charge in [-0.15, -0.1) is 0 Å². The van der Waals surface area contributed by atoms with Gasteiger partial charge in [-0.1, -0.05) is 181 Å². The summed E-state index contributed by atoms with van der Waals surface area (Å²) in [5.41, 5.74) is 21.4. The van der Waals surface area contributed by atoms with Crippen LogP contribution in [0.3, 0.4) is 0 Å². The number of nitrogens with zero attached hydrogens (tertiary/aromatic N) is 2. The van der Waals surface area contributed by atoms with Crippen molar-refractivity contribution in [3.63, 3.8) is 0 Å². The number of furan rings is 2. The molecule has 0 atom stereocenters. The molecular formula is C66H39BN2O2S. The number of aromatic nitrogens is 1. The van der Waals surface area contributed by atoms with Crippen molar-refractivity contribution in [1.29, 1.82) is 0 Å². The molecule has 6 heteroatoms. The molecule has 0 spiro atoms. The van der Waals surface area contributed by atoms with Gasteiger partial charge in [-0.25, -0.2) is 0 Å². The summed E-state index contributed by atoms with van der Waals surface area (Å²) >= 11 is 1.89. The Morgan fingerprint density at radius 1 is 0.347 bits per heavy atom. The molecule has 0 unspecified atom stereocenters. The van der Waals surface area contributed by atoms with Gasteiger partial charge < -0.3 is 18.3 Å². The quantitative estimate of drug-likeness (QED) is 0.161. The van der Waals surface area contributed by atoms with E-state index in [1.54, 1.807) is 0 Å². The van der Waals surface area contributed by atoms with E-state index >= 15 is 0 Å². The van der Waals surface area contributed by atoms with Crippen LogP contribution in [0.4, 0.5) is 17.1 Å². The summed E-state index contributed by atoms with van der Waals surface area (Å²) < 4.78 is 15.4. The van der Waals surface area contributed by atoms with E-state index in [1.165, 1.54) is 75.9 Å². The highest BCUT2D eigenvalue weighted by molar-refractivity contribution is 8.00. The number of anilines is 3. The maximum atomic E-state index is 6.48. The van der Waals surface area contributed by atoms with Crippen molar-refractivity contribution in [3.8, 4) is 39.1 Å². The van der Waals surface area contributed by atoms with Gasteiger partial charge in [0.05, 0.1) is 11.0 Å². The molecule has 0 saturated heterocycles. The molecule has 0 saturated carbocycles. The van der Waals surface area contributed by atoms with Gasteiger partial charge >= 0.3 is 0 Å². The first-order valence-corrected chi connectivity index (χ1v) is 25.4. The lowest BCUT2D eigenvalue weighted by molar-refractivity contribution is 0.668. The molecule has 16 rings (SSSR count). The molecule has 0 N–H and O–H groups in total. The van der Waals surface area contributed by atoms with Gasteiger partial charge in [0.2, 0.25) is 6.71 Å². The number of para-hydroxylation sites is 4. The van der Waals surface area contributed by atoms with Crippen LogP contribution in [0.25, 0.3) is 105 Å². The molecule has 14 aromatic rings. The molecule has 5 heterocycles. The zero-order valence-corrected chi connectivity index (χ0v) is 39.5. The van der Waals surface area contributed by atoms with Crippen LogP contribution in [0.15, 0.2) is 255 Å². The van der Waals surface area contributed by atoms with E-state index in [2.05, 4.69) is 234 Å². The normalized spacial score (nSPS) is 12.9. The SMILES string of the molecule is c1ccc(-c2ccc(N3c4cc(-c5cccc6oc7ccccc7c56)ccc4B4c5ccc(-c6cccc7oc8ccccc8c67)cc5Sc5cc(-n6c7ccccc7c7ccccc76)cc3c54)cc2)cc1. The van der Waals surface area contributed by atoms with Crippen LogP contribution in [0.1, 0.15) is 0 Å². The third-order valence-corrected chi connectivity index (χ3v) is 16.4. The molecule has 0 radical (unpaired) electrons. The standard InChI is InChI=1S/C66H39BN2O2S/c1-2-14-40(15-3-1)41-28-32-44(33-29-41)68-56-36-42(46-20-12-26-60-64(46)50-18-6-10-24-58(50)70-60)30-34-52(56)67-53-35-31-43(47-21-13-27-61-65(47)51-19-7-11-25-59(51)71-61)37-62(53)72-63-39-45(38-57(68)66(63)67)69-54-22-8-4-16-48(54)49-17-5-9-23-55(49)69/h1-39H. The van der Waals surface area contributed by atoms with Crippen LogP contribution in [0.5, 0.6) is 0 Å². The van der Waals surface area contributed by atoms with E-state index in [0.717, 1.165) is 72.1 Å². The Bertz CT molecular complexity index is 4510. The summed E-state index contributed by atoms with van der Waals surface area (Å²) in [5.74, 6) is 0. The Labute approximate surface area is 419 Å². The van der Waals surface area contributed by atoms with Gasteiger partial charge in [0.25, 0.3) is 0 Å². The van der Waals surface area contributed by atoms with E-state index < -0.39 is 0 Å². The van der Waals surface area contributed by atoms with Crippen LogP contribution in [0, 0.1) is 0 Å². The van der Waals surface area contributed by atoms with Crippen molar-refractivity contribution >= 4 is 118 Å². The fraction of sp³-hybridized carbons (Fsp3) is 0. The van der Waals surface area contributed by atoms with E-state index in [0.29, 0.717) is 0 Å². The highest BCUT2D eigenvalue weighted by atomic mass is 32.2. The summed E-state index contributed by atoms with van der Waals surface area (Å²) in [7, 11) is 0. The lowest BCUT2D eigenvalue weighted by Gasteiger charge is -2.41. The number of hydrogen-bond acceptors (Lipinski definition) is 4. The van der Waals surface area contributed by atoms with Gasteiger partial charge in [0, 0.05) is 64.9 Å². The second-order valence-corrected chi connectivity index (χ2v) is 20.2. The lowest BCUT2D eigenvalue weighted by atomic mass is 9.34. The van der Waals surface area contributed by atoms with Crippen molar-refractivity contribution in [2.75, 3.05) is 4.90 Å². The number of rotatable bonds is 5. The molecule has 2 aliphatic rings. The van der Waals surface area contributed by atoms with Crippen molar-refractivity contribution < 1.29 is 8.83 Å². The summed E-state index contributed by atoms with van der Waals surface area (Å²) in [5, 5.41) is 7.01. The van der Waals surface area contributed by atoms with Crippen LogP contribution in [-0.2, 0) is 0 Å². The summed E-state index contributed by atoms with van der Waals surface area (Å²) in [6.45, 7) is -0.0347. The summed E-state index contributed by atoms with van der Waals surface area (Å²) in [6.07, 6.45) is 0. The van der Waals surface area contributed by atoms with Crippen LogP contribution in [-0.4, -0.2) is 11.3 Å². The van der Waals surface area contributed by atoms with Crippen LogP contribution < -0.4 is 21.3 Å². The van der Waals surface area contributed by atoms with Gasteiger partial charge in [0.1, 0.15) is 22.3 Å². The van der Waals surface area contributed by atoms with Gasteiger partial charge in [-0.2, -0.15) is 0 Å². The Morgan fingerprint density at radius 3 is 1.53 bits per heavy atom. The van der Waals surface area contributed by atoms with Crippen molar-refractivity contribution in [2.45, 2.75) is 9.79 Å². The van der Waals surface area contributed by atoms with Crippen molar-refractivity contribution in [2.24, 2.45) is 0 Å². The predicted octanol–water partition coefficient (Wildman–Crippen LogP) is 16.3. The highest BCUT2D eigenvalue weighted by Gasteiger charge is 2.42. The van der Waals surface area contributed by atoms with E-state index in [1.807, 2.05) is 23.9 Å². The van der Waals surface area contributed by atoms with Gasteiger partial charge in [-0.05, 0) is 117 Å². The number of benzene rings is 11. The Hall–Kier alpha value is -8.97. The topological polar surface area (TPSA) is 34.5 Å². The van der Waals surface area contributed by atoms with E-state index in [-0.39, 0.29) is 6.71 Å². The molecule has 0 aliphatic carbocycles. The van der Waals surface area contributed by atoms with Crippen molar-refractivity contribution in [3.05, 3.63) is 237 Å². The molecule has 0 fully saturated rings. The van der Waals surface area contributed by atoms with Crippen LogP contribution in [0.2, 0.25) is 0 Å². The second kappa shape index (κ2) is 15.3. The smallest absolute Gasteiger partial charge is 0.249 e.